The van der Waals surface area contributed by atoms with Gasteiger partial charge in [0, 0.05) is 25.8 Å². The summed E-state index contributed by atoms with van der Waals surface area (Å²) in [6.07, 6.45) is 1.16. The predicted octanol–water partition coefficient (Wildman–Crippen LogP) is 0.925. The zero-order valence-electron chi connectivity index (χ0n) is 10.8. The molecule has 1 N–H and O–H groups in total. The smallest absolute Gasteiger partial charge is 0.246 e. The van der Waals surface area contributed by atoms with Crippen molar-refractivity contribution in [1.29, 1.82) is 0 Å². The molecule has 0 radical (unpaired) electrons. The molecule has 1 saturated heterocycles. The van der Waals surface area contributed by atoms with Crippen LogP contribution in [0.1, 0.15) is 27.2 Å². The van der Waals surface area contributed by atoms with Gasteiger partial charge in [0.25, 0.3) is 0 Å². The lowest BCUT2D eigenvalue weighted by atomic mass is 9.91. The molecule has 1 heterocycles. The largest absolute Gasteiger partial charge is 0.344 e. The van der Waals surface area contributed by atoms with E-state index >= 15 is 0 Å². The Morgan fingerprint density at radius 2 is 1.88 bits per heavy atom. The van der Waals surface area contributed by atoms with Crippen molar-refractivity contribution in [2.24, 2.45) is 11.8 Å². The van der Waals surface area contributed by atoms with Gasteiger partial charge >= 0.3 is 0 Å². The van der Waals surface area contributed by atoms with Gasteiger partial charge in [-0.25, -0.2) is 0 Å². The minimum absolute atomic E-state index is 0.00593. The molecule has 3 unspecified atom stereocenters. The van der Waals surface area contributed by atoms with Gasteiger partial charge < -0.3 is 10.2 Å². The van der Waals surface area contributed by atoms with Crippen LogP contribution in [0.15, 0.2) is 0 Å². The molecule has 0 aromatic rings. The fourth-order valence-electron chi connectivity index (χ4n) is 2.49. The van der Waals surface area contributed by atoms with Gasteiger partial charge in [-0.3, -0.25) is 9.59 Å². The summed E-state index contributed by atoms with van der Waals surface area (Å²) < 4.78 is 0. The number of carbonyl (C=O) groups excluding carboxylic acids is 2. The van der Waals surface area contributed by atoms with Gasteiger partial charge in [0.15, 0.2) is 0 Å². The fourth-order valence-corrected chi connectivity index (χ4v) is 2.74. The average Bonchev–Trinajstić information content (AvgIpc) is 2.23. The molecule has 4 nitrogen and oxygen atoms in total. The molecule has 0 spiro atoms. The first kappa shape index (κ1) is 14.4. The molecule has 2 amide bonds. The zero-order chi connectivity index (χ0) is 13.0. The zero-order valence-corrected chi connectivity index (χ0v) is 11.7. The molecule has 1 aliphatic rings. The van der Waals surface area contributed by atoms with Gasteiger partial charge in [0.1, 0.15) is 6.04 Å². The van der Waals surface area contributed by atoms with E-state index in [1.165, 1.54) is 6.92 Å². The molecule has 0 aromatic heterocycles. The minimum atomic E-state index is -0.492. The Morgan fingerprint density at radius 1 is 1.35 bits per heavy atom. The molecule has 1 aliphatic heterocycles. The SMILES string of the molecule is CC(=O)NC(CS)C(=O)N1CC(C)CC(C)C1. The van der Waals surface area contributed by atoms with Crippen LogP contribution in [-0.2, 0) is 9.59 Å². The highest BCUT2D eigenvalue weighted by molar-refractivity contribution is 7.80. The van der Waals surface area contributed by atoms with Crippen LogP contribution >= 0.6 is 12.6 Å². The van der Waals surface area contributed by atoms with Crippen LogP contribution in [0.5, 0.6) is 0 Å². The molecule has 0 saturated carbocycles. The second-order valence-corrected chi connectivity index (χ2v) is 5.49. The lowest BCUT2D eigenvalue weighted by molar-refractivity contribution is -0.137. The second kappa shape index (κ2) is 6.28. The van der Waals surface area contributed by atoms with E-state index in [0.29, 0.717) is 17.6 Å². The Bertz CT molecular complexity index is 286. The van der Waals surface area contributed by atoms with Crippen LogP contribution in [0, 0.1) is 11.8 Å². The predicted molar refractivity (Wildman–Crippen MR) is 71.0 cm³/mol. The van der Waals surface area contributed by atoms with Crippen molar-refractivity contribution in [3.8, 4) is 0 Å². The summed E-state index contributed by atoms with van der Waals surface area (Å²) in [7, 11) is 0. The van der Waals surface area contributed by atoms with Gasteiger partial charge in [-0.05, 0) is 18.3 Å². The fraction of sp³-hybridized carbons (Fsp3) is 0.833. The number of likely N-dealkylation sites (tertiary alicyclic amines) is 1. The van der Waals surface area contributed by atoms with E-state index in [1.807, 2.05) is 4.90 Å². The quantitative estimate of drug-likeness (QED) is 0.740. The van der Waals surface area contributed by atoms with Gasteiger partial charge in [0.05, 0.1) is 0 Å². The first-order chi connectivity index (χ1) is 7.93. The van der Waals surface area contributed by atoms with Gasteiger partial charge in [-0.15, -0.1) is 0 Å². The van der Waals surface area contributed by atoms with Gasteiger partial charge in [0.2, 0.25) is 11.8 Å². The number of nitrogens with one attached hydrogen (secondary N) is 1. The summed E-state index contributed by atoms with van der Waals surface area (Å²) in [5.74, 6) is 1.21. The van der Waals surface area contributed by atoms with E-state index in [1.54, 1.807) is 0 Å². The maximum absolute atomic E-state index is 12.2. The van der Waals surface area contributed by atoms with Crippen molar-refractivity contribution in [2.75, 3.05) is 18.8 Å². The van der Waals surface area contributed by atoms with Crippen molar-refractivity contribution in [1.82, 2.24) is 10.2 Å². The van der Waals surface area contributed by atoms with Crippen molar-refractivity contribution in [3.63, 3.8) is 0 Å². The number of thiol groups is 1. The highest BCUT2D eigenvalue weighted by atomic mass is 32.1. The van der Waals surface area contributed by atoms with E-state index in [-0.39, 0.29) is 11.8 Å². The molecule has 17 heavy (non-hydrogen) atoms. The van der Waals surface area contributed by atoms with Gasteiger partial charge in [-0.1, -0.05) is 13.8 Å². The second-order valence-electron chi connectivity index (χ2n) is 5.12. The number of hydrogen-bond acceptors (Lipinski definition) is 3. The monoisotopic (exact) mass is 258 g/mol. The molecule has 0 bridgehead atoms. The van der Waals surface area contributed by atoms with Crippen molar-refractivity contribution in [2.45, 2.75) is 33.2 Å². The number of amides is 2. The minimum Gasteiger partial charge on any atom is -0.344 e. The summed E-state index contributed by atoms with van der Waals surface area (Å²) in [5.41, 5.74) is 0. The Kier molecular flexibility index (Phi) is 5.31. The highest BCUT2D eigenvalue weighted by Crippen LogP contribution is 2.21. The Hall–Kier alpha value is -0.710. The summed E-state index contributed by atoms with van der Waals surface area (Å²) in [6.45, 7) is 7.30. The maximum atomic E-state index is 12.2. The maximum Gasteiger partial charge on any atom is 0.246 e. The third-order valence-corrected chi connectivity index (χ3v) is 3.40. The molecule has 3 atom stereocenters. The number of hydrogen-bond donors (Lipinski definition) is 2. The molecular weight excluding hydrogens is 236 g/mol. The third-order valence-electron chi connectivity index (χ3n) is 3.04. The third kappa shape index (κ3) is 4.22. The van der Waals surface area contributed by atoms with E-state index in [9.17, 15) is 9.59 Å². The van der Waals surface area contributed by atoms with E-state index in [2.05, 4.69) is 31.8 Å². The normalized spacial score (nSPS) is 26.5. The molecule has 98 valence electrons. The van der Waals surface area contributed by atoms with Crippen LogP contribution in [0.4, 0.5) is 0 Å². The molecule has 0 aromatic carbocycles. The number of piperidine rings is 1. The van der Waals surface area contributed by atoms with Crippen molar-refractivity contribution in [3.05, 3.63) is 0 Å². The van der Waals surface area contributed by atoms with Crippen LogP contribution < -0.4 is 5.32 Å². The Balaban J connectivity index is 2.63. The first-order valence-corrected chi connectivity index (χ1v) is 6.74. The van der Waals surface area contributed by atoms with E-state index in [4.69, 9.17) is 0 Å². The summed E-state index contributed by atoms with van der Waals surface area (Å²) in [5, 5.41) is 2.65. The number of nitrogens with zero attached hydrogens (tertiary/aromatic N) is 1. The molecule has 5 heteroatoms. The standard InChI is InChI=1S/C12H22N2O2S/c1-8-4-9(2)6-14(5-8)12(16)11(7-17)13-10(3)15/h8-9,11,17H,4-7H2,1-3H3,(H,13,15). The van der Waals surface area contributed by atoms with E-state index < -0.39 is 6.04 Å². The van der Waals surface area contributed by atoms with Crippen molar-refractivity contribution < 1.29 is 9.59 Å². The Labute approximate surface area is 109 Å². The highest BCUT2D eigenvalue weighted by Gasteiger charge is 2.29. The Morgan fingerprint density at radius 3 is 2.29 bits per heavy atom. The summed E-state index contributed by atoms with van der Waals surface area (Å²) in [6, 6.07) is -0.492. The topological polar surface area (TPSA) is 49.4 Å². The lowest BCUT2D eigenvalue weighted by Gasteiger charge is -2.36. The first-order valence-electron chi connectivity index (χ1n) is 6.10. The number of rotatable bonds is 3. The number of carbonyl (C=O) groups is 2. The van der Waals surface area contributed by atoms with Crippen LogP contribution in [0.25, 0.3) is 0 Å². The molecule has 1 fully saturated rings. The molecular formula is C12H22N2O2S. The average molecular weight is 258 g/mol. The lowest BCUT2D eigenvalue weighted by Crippen LogP contribution is -2.52. The van der Waals surface area contributed by atoms with Crippen LogP contribution in [0.3, 0.4) is 0 Å². The molecule has 1 rings (SSSR count). The molecule has 0 aliphatic carbocycles. The summed E-state index contributed by atoms with van der Waals surface area (Å²) >= 11 is 4.13. The summed E-state index contributed by atoms with van der Waals surface area (Å²) in [4.78, 5) is 25.1. The van der Waals surface area contributed by atoms with Crippen LogP contribution in [-0.4, -0.2) is 41.6 Å². The van der Waals surface area contributed by atoms with E-state index in [0.717, 1.165) is 19.5 Å². The van der Waals surface area contributed by atoms with Gasteiger partial charge in [-0.2, -0.15) is 12.6 Å². The van der Waals surface area contributed by atoms with Crippen LogP contribution in [0.2, 0.25) is 0 Å². The van der Waals surface area contributed by atoms with Crippen molar-refractivity contribution >= 4 is 24.4 Å².